The van der Waals surface area contributed by atoms with Crippen molar-refractivity contribution in [1.29, 1.82) is 0 Å². The maximum Gasteiger partial charge on any atom is 0.146 e. The summed E-state index contributed by atoms with van der Waals surface area (Å²) in [6.45, 7) is 0.483. The third kappa shape index (κ3) is 2.08. The van der Waals surface area contributed by atoms with E-state index < -0.39 is 0 Å². The van der Waals surface area contributed by atoms with Crippen LogP contribution < -0.4 is 4.74 Å². The number of rotatable bonds is 3. The highest BCUT2D eigenvalue weighted by Gasteiger charge is 1.95. The fourth-order valence-corrected chi connectivity index (χ4v) is 1.05. The summed E-state index contributed by atoms with van der Waals surface area (Å²) in [4.78, 5) is 7.02. The van der Waals surface area contributed by atoms with Crippen LogP contribution in [-0.2, 0) is 6.61 Å². The monoisotopic (exact) mass is 174 g/mol. The molecule has 1 aromatic heterocycles. The minimum atomic E-state index is 0.483. The molecule has 2 rings (SSSR count). The smallest absolute Gasteiger partial charge is 0.146 e. The Morgan fingerprint density at radius 1 is 1.23 bits per heavy atom. The molecule has 2 aromatic rings. The number of aromatic amines is 1. The van der Waals surface area contributed by atoms with Crippen molar-refractivity contribution in [3.8, 4) is 5.75 Å². The lowest BCUT2D eigenvalue weighted by molar-refractivity contribution is 0.297. The molecule has 0 spiro atoms. The highest BCUT2D eigenvalue weighted by atomic mass is 16.5. The van der Waals surface area contributed by atoms with Crippen molar-refractivity contribution >= 4 is 0 Å². The number of aromatic nitrogens is 2. The van der Waals surface area contributed by atoms with E-state index >= 15 is 0 Å². The van der Waals surface area contributed by atoms with Crippen molar-refractivity contribution in [3.63, 3.8) is 0 Å². The molecular weight excluding hydrogens is 164 g/mol. The number of nitrogens with one attached hydrogen (secondary N) is 1. The van der Waals surface area contributed by atoms with Gasteiger partial charge in [0.1, 0.15) is 18.2 Å². The normalized spacial score (nSPS) is 9.85. The maximum absolute atomic E-state index is 5.46. The average Bonchev–Trinajstić information content (AvgIpc) is 2.69. The first-order valence-electron chi connectivity index (χ1n) is 4.11. The van der Waals surface area contributed by atoms with Crippen molar-refractivity contribution < 1.29 is 4.74 Å². The SMILES string of the molecule is c1ccc(OCc2ncc[nH]2)cc1. The Kier molecular flexibility index (Phi) is 2.27. The van der Waals surface area contributed by atoms with E-state index in [2.05, 4.69) is 9.97 Å². The van der Waals surface area contributed by atoms with Crippen LogP contribution in [0.4, 0.5) is 0 Å². The van der Waals surface area contributed by atoms with Crippen LogP contribution in [0.5, 0.6) is 5.75 Å². The summed E-state index contributed by atoms with van der Waals surface area (Å²) in [5.74, 6) is 1.70. The van der Waals surface area contributed by atoms with E-state index in [0.717, 1.165) is 11.6 Å². The van der Waals surface area contributed by atoms with Crippen molar-refractivity contribution in [2.24, 2.45) is 0 Å². The molecule has 0 amide bonds. The number of nitrogens with zero attached hydrogens (tertiary/aromatic N) is 1. The van der Waals surface area contributed by atoms with E-state index in [1.165, 1.54) is 0 Å². The quantitative estimate of drug-likeness (QED) is 0.772. The first-order valence-corrected chi connectivity index (χ1v) is 4.11. The zero-order chi connectivity index (χ0) is 8.93. The number of ether oxygens (including phenoxy) is 1. The van der Waals surface area contributed by atoms with Crippen molar-refractivity contribution in [3.05, 3.63) is 48.5 Å². The second-order valence-corrected chi connectivity index (χ2v) is 2.64. The van der Waals surface area contributed by atoms with E-state index in [0.29, 0.717) is 6.61 Å². The highest BCUT2D eigenvalue weighted by molar-refractivity contribution is 5.20. The maximum atomic E-state index is 5.46. The Morgan fingerprint density at radius 3 is 2.77 bits per heavy atom. The van der Waals surface area contributed by atoms with Crippen LogP contribution in [0.25, 0.3) is 0 Å². The average molecular weight is 174 g/mol. The molecule has 13 heavy (non-hydrogen) atoms. The molecule has 0 saturated carbocycles. The predicted octanol–water partition coefficient (Wildman–Crippen LogP) is 1.99. The molecule has 66 valence electrons. The van der Waals surface area contributed by atoms with Gasteiger partial charge in [0.2, 0.25) is 0 Å². The lowest BCUT2D eigenvalue weighted by atomic mass is 10.3. The fourth-order valence-electron chi connectivity index (χ4n) is 1.05. The zero-order valence-corrected chi connectivity index (χ0v) is 7.10. The van der Waals surface area contributed by atoms with Crippen LogP contribution in [-0.4, -0.2) is 9.97 Å². The van der Waals surface area contributed by atoms with Crippen LogP contribution in [0.1, 0.15) is 5.82 Å². The molecule has 0 radical (unpaired) electrons. The van der Waals surface area contributed by atoms with Gasteiger partial charge >= 0.3 is 0 Å². The number of hydrogen-bond donors (Lipinski definition) is 1. The fraction of sp³-hybridized carbons (Fsp3) is 0.100. The minimum Gasteiger partial charge on any atom is -0.486 e. The molecule has 0 fully saturated rings. The van der Waals surface area contributed by atoms with Crippen molar-refractivity contribution in [1.82, 2.24) is 9.97 Å². The number of imidazole rings is 1. The summed E-state index contributed by atoms with van der Waals surface area (Å²) < 4.78 is 5.46. The molecule has 3 nitrogen and oxygen atoms in total. The van der Waals surface area contributed by atoms with Gasteiger partial charge in [-0.1, -0.05) is 18.2 Å². The van der Waals surface area contributed by atoms with Gasteiger partial charge in [0.25, 0.3) is 0 Å². The van der Waals surface area contributed by atoms with Crippen LogP contribution >= 0.6 is 0 Å². The molecule has 0 aliphatic carbocycles. The van der Waals surface area contributed by atoms with Gasteiger partial charge in [-0.15, -0.1) is 0 Å². The molecular formula is C10H10N2O. The summed E-state index contributed by atoms with van der Waals surface area (Å²) in [6.07, 6.45) is 3.49. The molecule has 0 bridgehead atoms. The topological polar surface area (TPSA) is 37.9 Å². The summed E-state index contributed by atoms with van der Waals surface area (Å²) in [7, 11) is 0. The zero-order valence-electron chi connectivity index (χ0n) is 7.10. The summed E-state index contributed by atoms with van der Waals surface area (Å²) in [6, 6.07) is 9.68. The Hall–Kier alpha value is -1.77. The molecule has 0 saturated heterocycles. The van der Waals surface area contributed by atoms with Crippen molar-refractivity contribution in [2.75, 3.05) is 0 Å². The summed E-state index contributed by atoms with van der Waals surface area (Å²) in [5, 5.41) is 0. The van der Waals surface area contributed by atoms with Gasteiger partial charge in [-0.25, -0.2) is 4.98 Å². The standard InChI is InChI=1S/C10H10N2O/c1-2-4-9(5-3-1)13-8-10-11-6-7-12-10/h1-7H,8H2,(H,11,12). The van der Waals surface area contributed by atoms with E-state index in [-0.39, 0.29) is 0 Å². The lowest BCUT2D eigenvalue weighted by Crippen LogP contribution is -1.96. The van der Waals surface area contributed by atoms with Crippen LogP contribution in [0.2, 0.25) is 0 Å². The Morgan fingerprint density at radius 2 is 2.08 bits per heavy atom. The van der Waals surface area contributed by atoms with Gasteiger partial charge in [-0.05, 0) is 12.1 Å². The molecule has 0 aliphatic rings. The third-order valence-corrected chi connectivity index (χ3v) is 1.67. The summed E-state index contributed by atoms with van der Waals surface area (Å²) >= 11 is 0. The first-order chi connectivity index (χ1) is 6.45. The molecule has 0 unspecified atom stereocenters. The van der Waals surface area contributed by atoms with Gasteiger partial charge in [-0.3, -0.25) is 0 Å². The number of benzene rings is 1. The lowest BCUT2D eigenvalue weighted by Gasteiger charge is -2.02. The molecule has 1 aromatic carbocycles. The van der Waals surface area contributed by atoms with Gasteiger partial charge in [0.05, 0.1) is 0 Å². The minimum absolute atomic E-state index is 0.483. The van der Waals surface area contributed by atoms with E-state index in [9.17, 15) is 0 Å². The van der Waals surface area contributed by atoms with E-state index in [1.54, 1.807) is 12.4 Å². The van der Waals surface area contributed by atoms with Crippen LogP contribution in [0, 0.1) is 0 Å². The van der Waals surface area contributed by atoms with Gasteiger partial charge in [0, 0.05) is 12.4 Å². The number of para-hydroxylation sites is 1. The molecule has 1 N–H and O–H groups in total. The van der Waals surface area contributed by atoms with Crippen LogP contribution in [0.15, 0.2) is 42.7 Å². The van der Waals surface area contributed by atoms with E-state index in [1.807, 2.05) is 30.3 Å². The Bertz CT molecular complexity index is 342. The van der Waals surface area contributed by atoms with Gasteiger partial charge in [-0.2, -0.15) is 0 Å². The van der Waals surface area contributed by atoms with Crippen LogP contribution in [0.3, 0.4) is 0 Å². The van der Waals surface area contributed by atoms with Gasteiger partial charge < -0.3 is 9.72 Å². The van der Waals surface area contributed by atoms with Crippen molar-refractivity contribution in [2.45, 2.75) is 6.61 Å². The second-order valence-electron chi connectivity index (χ2n) is 2.64. The highest BCUT2D eigenvalue weighted by Crippen LogP contribution is 2.09. The predicted molar refractivity (Wildman–Crippen MR) is 49.4 cm³/mol. The first kappa shape index (κ1) is 7.86. The second kappa shape index (κ2) is 3.76. The van der Waals surface area contributed by atoms with E-state index in [4.69, 9.17) is 4.74 Å². The summed E-state index contributed by atoms with van der Waals surface area (Å²) in [5.41, 5.74) is 0. The third-order valence-electron chi connectivity index (χ3n) is 1.67. The number of H-pyrrole nitrogens is 1. The molecule has 0 aliphatic heterocycles. The van der Waals surface area contributed by atoms with Gasteiger partial charge in [0.15, 0.2) is 0 Å². The molecule has 3 heteroatoms. The Balaban J connectivity index is 1.94. The molecule has 0 atom stereocenters. The Labute approximate surface area is 76.4 Å². The number of hydrogen-bond acceptors (Lipinski definition) is 2. The molecule has 1 heterocycles. The largest absolute Gasteiger partial charge is 0.486 e.